The predicted octanol–water partition coefficient (Wildman–Crippen LogP) is 4.25. The molecule has 0 unspecified atom stereocenters. The van der Waals surface area contributed by atoms with E-state index in [0.717, 1.165) is 50.3 Å². The van der Waals surface area contributed by atoms with Crippen LogP contribution < -0.4 is 20.4 Å². The Morgan fingerprint density at radius 1 is 0.974 bits per heavy atom. The molecule has 4 aromatic rings. The number of nitrogens with zero attached hydrogens (tertiary/aromatic N) is 3. The number of nitrogens with one attached hydrogen (secondary N) is 3. The molecule has 1 saturated heterocycles. The molecule has 0 atom stereocenters. The Kier molecular flexibility index (Phi) is 7.73. The van der Waals surface area contributed by atoms with Crippen molar-refractivity contribution in [2.45, 2.75) is 19.8 Å². The molecule has 3 heterocycles. The number of aromatic nitrogens is 2. The van der Waals surface area contributed by atoms with E-state index in [2.05, 4.69) is 61.8 Å². The third-order valence-electron chi connectivity index (χ3n) is 6.81. The summed E-state index contributed by atoms with van der Waals surface area (Å²) < 4.78 is 5.28. The second kappa shape index (κ2) is 11.7. The van der Waals surface area contributed by atoms with Crippen molar-refractivity contribution in [2.24, 2.45) is 0 Å². The van der Waals surface area contributed by atoms with Gasteiger partial charge in [0.1, 0.15) is 0 Å². The highest BCUT2D eigenvalue weighted by atomic mass is 16.3. The topological polar surface area (TPSA) is 106 Å². The van der Waals surface area contributed by atoms with Crippen molar-refractivity contribution in [1.29, 1.82) is 0 Å². The maximum absolute atomic E-state index is 12.9. The molecule has 0 aliphatic carbocycles. The number of amides is 2. The largest absolute Gasteiger partial charge is 0.459 e. The van der Waals surface area contributed by atoms with Gasteiger partial charge in [-0.15, -0.1) is 0 Å². The molecule has 9 nitrogen and oxygen atoms in total. The molecule has 5 rings (SSSR count). The summed E-state index contributed by atoms with van der Waals surface area (Å²) in [6, 6.07) is 17.2. The van der Waals surface area contributed by atoms with E-state index >= 15 is 0 Å². The first kappa shape index (κ1) is 25.1. The summed E-state index contributed by atoms with van der Waals surface area (Å²) in [5.41, 5.74) is 5.57. The molecule has 2 aromatic heterocycles. The Labute approximate surface area is 221 Å². The molecule has 0 saturated carbocycles. The predicted molar refractivity (Wildman–Crippen MR) is 148 cm³/mol. The number of carbonyl (C=O) groups excluding carboxylic acids is 2. The van der Waals surface area contributed by atoms with Crippen molar-refractivity contribution in [3.8, 4) is 0 Å². The minimum atomic E-state index is -0.354. The minimum Gasteiger partial charge on any atom is -0.459 e. The quantitative estimate of drug-likeness (QED) is 0.290. The summed E-state index contributed by atoms with van der Waals surface area (Å²) in [5, 5.41) is 12.7. The number of hydrogen-bond donors (Lipinski definition) is 3. The van der Waals surface area contributed by atoms with Crippen LogP contribution in [0.2, 0.25) is 0 Å². The van der Waals surface area contributed by atoms with Gasteiger partial charge in [-0.1, -0.05) is 18.2 Å². The van der Waals surface area contributed by atoms with Gasteiger partial charge in [-0.05, 0) is 67.3 Å². The van der Waals surface area contributed by atoms with Crippen LogP contribution >= 0.6 is 0 Å². The summed E-state index contributed by atoms with van der Waals surface area (Å²) in [6.07, 6.45) is 6.74. The highest BCUT2D eigenvalue weighted by molar-refractivity contribution is 6.05. The Bertz CT molecular complexity index is 1360. The van der Waals surface area contributed by atoms with E-state index in [0.29, 0.717) is 17.8 Å². The van der Waals surface area contributed by atoms with E-state index in [-0.39, 0.29) is 17.6 Å². The van der Waals surface area contributed by atoms with Crippen molar-refractivity contribution in [1.82, 2.24) is 15.5 Å². The van der Waals surface area contributed by atoms with E-state index in [1.165, 1.54) is 17.5 Å². The number of piperazine rings is 1. The fraction of sp³-hybridized carbons (Fsp3) is 0.276. The molecular weight excluding hydrogens is 480 g/mol. The van der Waals surface area contributed by atoms with Gasteiger partial charge in [0.15, 0.2) is 5.76 Å². The van der Waals surface area contributed by atoms with E-state index in [1.54, 1.807) is 24.4 Å². The summed E-state index contributed by atoms with van der Waals surface area (Å²) >= 11 is 0. The standard InChI is InChI=1S/C29H32N6O3/c1-21-6-2-3-8-25(21)34-13-15-35(16-14-34)26-11-10-23(18-24(26)33-29(37)27-9-5-17-38-27)28(36)30-12-4-7-22-19-31-32-20-22/h2-3,5-6,8-11,17-20H,4,7,12-16H2,1H3,(H,30,36)(H,31,32)(H,33,37). The van der Waals surface area contributed by atoms with Gasteiger partial charge in [0, 0.05) is 50.2 Å². The van der Waals surface area contributed by atoms with Gasteiger partial charge in [0.2, 0.25) is 0 Å². The van der Waals surface area contributed by atoms with Crippen LogP contribution in [0, 0.1) is 6.92 Å². The zero-order chi connectivity index (χ0) is 26.3. The van der Waals surface area contributed by atoms with Crippen LogP contribution in [0.15, 0.2) is 77.7 Å². The second-order valence-corrected chi connectivity index (χ2v) is 9.39. The van der Waals surface area contributed by atoms with Crippen LogP contribution in [-0.4, -0.2) is 54.7 Å². The van der Waals surface area contributed by atoms with E-state index < -0.39 is 0 Å². The smallest absolute Gasteiger partial charge is 0.291 e. The molecule has 9 heteroatoms. The lowest BCUT2D eigenvalue weighted by Gasteiger charge is -2.38. The molecule has 2 aromatic carbocycles. The van der Waals surface area contributed by atoms with Gasteiger partial charge < -0.3 is 24.9 Å². The summed E-state index contributed by atoms with van der Waals surface area (Å²) in [6.45, 7) is 5.96. The number of aryl methyl sites for hydroxylation is 2. The van der Waals surface area contributed by atoms with Crippen molar-refractivity contribution in [3.63, 3.8) is 0 Å². The first-order valence-electron chi connectivity index (χ1n) is 12.9. The normalized spacial score (nSPS) is 13.4. The van der Waals surface area contributed by atoms with Crippen molar-refractivity contribution < 1.29 is 14.0 Å². The number of hydrogen-bond acceptors (Lipinski definition) is 6. The van der Waals surface area contributed by atoms with Gasteiger partial charge in [0.25, 0.3) is 11.8 Å². The van der Waals surface area contributed by atoms with Crippen LogP contribution in [0.25, 0.3) is 0 Å². The Balaban J connectivity index is 1.29. The summed E-state index contributed by atoms with van der Waals surface area (Å²) in [4.78, 5) is 30.4. The van der Waals surface area contributed by atoms with Gasteiger partial charge in [0.05, 0.1) is 23.8 Å². The molecule has 1 fully saturated rings. The van der Waals surface area contributed by atoms with Crippen LogP contribution in [0.3, 0.4) is 0 Å². The van der Waals surface area contributed by atoms with E-state index in [4.69, 9.17) is 4.42 Å². The highest BCUT2D eigenvalue weighted by Crippen LogP contribution is 2.30. The maximum atomic E-state index is 12.9. The fourth-order valence-corrected chi connectivity index (χ4v) is 4.76. The fourth-order valence-electron chi connectivity index (χ4n) is 4.76. The number of aromatic amines is 1. The SMILES string of the molecule is Cc1ccccc1N1CCN(c2ccc(C(=O)NCCCc3cn[nH]c3)cc2NC(=O)c2ccco2)CC1. The lowest BCUT2D eigenvalue weighted by molar-refractivity contribution is 0.0951. The van der Waals surface area contributed by atoms with Crippen LogP contribution in [-0.2, 0) is 6.42 Å². The van der Waals surface area contributed by atoms with Gasteiger partial charge in [-0.3, -0.25) is 14.7 Å². The molecule has 2 amide bonds. The lowest BCUT2D eigenvalue weighted by atomic mass is 10.1. The number of para-hydroxylation sites is 1. The average Bonchev–Trinajstić information content (AvgIpc) is 3.67. The zero-order valence-corrected chi connectivity index (χ0v) is 21.4. The molecule has 0 radical (unpaired) electrons. The Morgan fingerprint density at radius 2 is 1.76 bits per heavy atom. The number of H-pyrrole nitrogens is 1. The number of furan rings is 1. The molecule has 196 valence electrons. The first-order valence-corrected chi connectivity index (χ1v) is 12.9. The molecule has 0 bridgehead atoms. The Morgan fingerprint density at radius 3 is 2.47 bits per heavy atom. The lowest BCUT2D eigenvalue weighted by Crippen LogP contribution is -2.47. The number of carbonyl (C=O) groups is 2. The molecule has 0 spiro atoms. The maximum Gasteiger partial charge on any atom is 0.291 e. The second-order valence-electron chi connectivity index (χ2n) is 9.39. The van der Waals surface area contributed by atoms with Crippen molar-refractivity contribution in [2.75, 3.05) is 47.8 Å². The minimum absolute atomic E-state index is 0.179. The molecule has 1 aliphatic rings. The number of rotatable bonds is 9. The molecular formula is C29H32N6O3. The van der Waals surface area contributed by atoms with Crippen LogP contribution in [0.5, 0.6) is 0 Å². The summed E-state index contributed by atoms with van der Waals surface area (Å²) in [7, 11) is 0. The molecule has 3 N–H and O–H groups in total. The number of anilines is 3. The van der Waals surface area contributed by atoms with E-state index in [1.807, 2.05) is 18.3 Å². The van der Waals surface area contributed by atoms with Crippen LogP contribution in [0.1, 0.15) is 38.5 Å². The van der Waals surface area contributed by atoms with E-state index in [9.17, 15) is 9.59 Å². The average molecular weight is 513 g/mol. The van der Waals surface area contributed by atoms with Crippen molar-refractivity contribution in [3.05, 3.63) is 95.7 Å². The number of benzene rings is 2. The molecule has 1 aliphatic heterocycles. The first-order chi connectivity index (χ1) is 18.6. The summed E-state index contributed by atoms with van der Waals surface area (Å²) in [5.74, 6) is -0.316. The highest BCUT2D eigenvalue weighted by Gasteiger charge is 2.23. The monoisotopic (exact) mass is 512 g/mol. The zero-order valence-electron chi connectivity index (χ0n) is 21.4. The van der Waals surface area contributed by atoms with Crippen molar-refractivity contribution >= 4 is 28.9 Å². The van der Waals surface area contributed by atoms with Gasteiger partial charge in [-0.2, -0.15) is 5.10 Å². The van der Waals surface area contributed by atoms with Gasteiger partial charge in [-0.25, -0.2) is 0 Å². The molecule has 38 heavy (non-hydrogen) atoms. The van der Waals surface area contributed by atoms with Gasteiger partial charge >= 0.3 is 0 Å². The third-order valence-corrected chi connectivity index (χ3v) is 6.81. The third kappa shape index (κ3) is 5.88. The van der Waals surface area contributed by atoms with Crippen LogP contribution in [0.4, 0.5) is 17.1 Å². The Hall–Kier alpha value is -4.53.